The molecule has 0 fully saturated rings. The van der Waals surface area contributed by atoms with Crippen molar-refractivity contribution in [3.8, 4) is 0 Å². The molecule has 2 rings (SSSR count). The summed E-state index contributed by atoms with van der Waals surface area (Å²) in [7, 11) is 0. The zero-order chi connectivity index (χ0) is 15.6. The van der Waals surface area contributed by atoms with E-state index in [9.17, 15) is 8.78 Å². The van der Waals surface area contributed by atoms with Gasteiger partial charge < -0.3 is 5.73 Å². The summed E-state index contributed by atoms with van der Waals surface area (Å²) in [5.74, 6) is -0.930. The highest BCUT2D eigenvalue weighted by Crippen LogP contribution is 2.24. The van der Waals surface area contributed by atoms with Gasteiger partial charge in [0.1, 0.15) is 11.6 Å². The first-order valence-corrected chi connectivity index (χ1v) is 7.07. The maximum atomic E-state index is 13.7. The summed E-state index contributed by atoms with van der Waals surface area (Å²) >= 11 is 0. The maximum Gasteiger partial charge on any atom is 0.128 e. The molecule has 2 aromatic carbocycles. The molecule has 0 aromatic heterocycles. The molecule has 1 unspecified atom stereocenters. The van der Waals surface area contributed by atoms with Crippen LogP contribution in [0.2, 0.25) is 0 Å². The van der Waals surface area contributed by atoms with E-state index in [1.807, 2.05) is 12.1 Å². The molecular weight excluding hydrogens is 268 g/mol. The Morgan fingerprint density at radius 1 is 1.00 bits per heavy atom. The SMILES string of the molecule is CC(C)(C)c1ccc(CC(N)c2cc(F)ccc2F)cc1. The summed E-state index contributed by atoms with van der Waals surface area (Å²) in [5, 5.41) is 0. The molecule has 0 bridgehead atoms. The van der Waals surface area contributed by atoms with Gasteiger partial charge in [0.25, 0.3) is 0 Å². The molecular formula is C18H21F2N. The number of hydrogen-bond acceptors (Lipinski definition) is 1. The van der Waals surface area contributed by atoms with Gasteiger partial charge in [-0.15, -0.1) is 0 Å². The van der Waals surface area contributed by atoms with Crippen molar-refractivity contribution < 1.29 is 8.78 Å². The molecule has 0 radical (unpaired) electrons. The Kier molecular flexibility index (Phi) is 4.43. The fourth-order valence-corrected chi connectivity index (χ4v) is 2.30. The molecule has 3 heteroatoms. The Bertz CT molecular complexity index is 612. The van der Waals surface area contributed by atoms with E-state index in [0.29, 0.717) is 6.42 Å². The fraction of sp³-hybridized carbons (Fsp3) is 0.333. The van der Waals surface area contributed by atoms with E-state index < -0.39 is 17.7 Å². The number of nitrogens with two attached hydrogens (primary N) is 1. The second kappa shape index (κ2) is 5.94. The third-order valence-corrected chi connectivity index (χ3v) is 3.63. The van der Waals surface area contributed by atoms with Crippen LogP contribution in [-0.4, -0.2) is 0 Å². The van der Waals surface area contributed by atoms with Crippen molar-refractivity contribution in [2.75, 3.05) is 0 Å². The molecule has 2 N–H and O–H groups in total. The summed E-state index contributed by atoms with van der Waals surface area (Å²) in [4.78, 5) is 0. The van der Waals surface area contributed by atoms with Crippen LogP contribution in [-0.2, 0) is 11.8 Å². The Morgan fingerprint density at radius 2 is 1.62 bits per heavy atom. The highest BCUT2D eigenvalue weighted by Gasteiger charge is 2.15. The van der Waals surface area contributed by atoms with Crippen LogP contribution in [0.15, 0.2) is 42.5 Å². The average molecular weight is 289 g/mol. The molecule has 0 aliphatic rings. The number of halogens is 2. The smallest absolute Gasteiger partial charge is 0.128 e. The summed E-state index contributed by atoms with van der Waals surface area (Å²) in [6.07, 6.45) is 0.477. The van der Waals surface area contributed by atoms with Gasteiger partial charge >= 0.3 is 0 Å². The molecule has 112 valence electrons. The third kappa shape index (κ3) is 3.88. The van der Waals surface area contributed by atoms with Gasteiger partial charge in [0.05, 0.1) is 0 Å². The van der Waals surface area contributed by atoms with Crippen molar-refractivity contribution in [3.05, 3.63) is 70.8 Å². The molecule has 0 spiro atoms. The minimum atomic E-state index is -0.554. The summed E-state index contributed by atoms with van der Waals surface area (Å²) in [5.41, 5.74) is 8.57. The number of hydrogen-bond donors (Lipinski definition) is 1. The van der Waals surface area contributed by atoms with Crippen molar-refractivity contribution in [1.29, 1.82) is 0 Å². The molecule has 0 aliphatic carbocycles. The highest BCUT2D eigenvalue weighted by molar-refractivity contribution is 5.30. The largest absolute Gasteiger partial charge is 0.324 e. The minimum Gasteiger partial charge on any atom is -0.324 e. The van der Waals surface area contributed by atoms with Crippen LogP contribution >= 0.6 is 0 Å². The third-order valence-electron chi connectivity index (χ3n) is 3.63. The molecule has 0 saturated heterocycles. The zero-order valence-electron chi connectivity index (χ0n) is 12.7. The lowest BCUT2D eigenvalue weighted by molar-refractivity contribution is 0.560. The Labute approximate surface area is 124 Å². The number of rotatable bonds is 3. The van der Waals surface area contributed by atoms with E-state index in [1.54, 1.807) is 0 Å². The van der Waals surface area contributed by atoms with Crippen LogP contribution in [0.4, 0.5) is 8.78 Å². The molecule has 0 heterocycles. The highest BCUT2D eigenvalue weighted by atomic mass is 19.1. The maximum absolute atomic E-state index is 13.7. The van der Waals surface area contributed by atoms with Gasteiger partial charge in [-0.2, -0.15) is 0 Å². The molecule has 0 saturated carbocycles. The predicted octanol–water partition coefficient (Wildman–Crippen LogP) is 4.50. The van der Waals surface area contributed by atoms with Gasteiger partial charge in [-0.1, -0.05) is 45.0 Å². The molecule has 2 aromatic rings. The normalized spacial score (nSPS) is 13.2. The van der Waals surface area contributed by atoms with E-state index >= 15 is 0 Å². The van der Waals surface area contributed by atoms with Gasteiger partial charge in [-0.25, -0.2) is 8.78 Å². The van der Waals surface area contributed by atoms with Gasteiger partial charge in [0.15, 0.2) is 0 Å². The van der Waals surface area contributed by atoms with Gasteiger partial charge in [-0.05, 0) is 41.2 Å². The van der Waals surface area contributed by atoms with Gasteiger partial charge in [-0.3, -0.25) is 0 Å². The lowest BCUT2D eigenvalue weighted by Gasteiger charge is -2.20. The second-order valence-electron chi connectivity index (χ2n) is 6.42. The van der Waals surface area contributed by atoms with Crippen LogP contribution in [0.25, 0.3) is 0 Å². The first-order chi connectivity index (χ1) is 9.77. The van der Waals surface area contributed by atoms with Crippen LogP contribution in [0.5, 0.6) is 0 Å². The van der Waals surface area contributed by atoms with E-state index in [4.69, 9.17) is 5.73 Å². The standard InChI is InChI=1S/C18H21F2N/c1-18(2,3)13-6-4-12(5-7-13)10-17(21)15-11-14(19)8-9-16(15)20/h4-9,11,17H,10,21H2,1-3H3. The van der Waals surface area contributed by atoms with Crippen molar-refractivity contribution in [3.63, 3.8) is 0 Å². The second-order valence-corrected chi connectivity index (χ2v) is 6.42. The van der Waals surface area contributed by atoms with E-state index in [-0.39, 0.29) is 11.0 Å². The predicted molar refractivity (Wildman–Crippen MR) is 82.1 cm³/mol. The first kappa shape index (κ1) is 15.6. The quantitative estimate of drug-likeness (QED) is 0.884. The lowest BCUT2D eigenvalue weighted by atomic mass is 9.86. The van der Waals surface area contributed by atoms with E-state index in [2.05, 4.69) is 32.9 Å². The monoisotopic (exact) mass is 289 g/mol. The van der Waals surface area contributed by atoms with Crippen molar-refractivity contribution in [2.45, 2.75) is 38.6 Å². The van der Waals surface area contributed by atoms with Gasteiger partial charge in [0.2, 0.25) is 0 Å². The minimum absolute atomic E-state index is 0.0926. The van der Waals surface area contributed by atoms with Crippen LogP contribution in [0, 0.1) is 11.6 Å². The van der Waals surface area contributed by atoms with Crippen molar-refractivity contribution in [2.24, 2.45) is 5.73 Å². The molecule has 1 nitrogen and oxygen atoms in total. The summed E-state index contributed by atoms with van der Waals surface area (Å²) in [6.45, 7) is 6.45. The van der Waals surface area contributed by atoms with Gasteiger partial charge in [0, 0.05) is 11.6 Å². The summed E-state index contributed by atoms with van der Waals surface area (Å²) < 4.78 is 26.9. The summed E-state index contributed by atoms with van der Waals surface area (Å²) in [6, 6.07) is 10.9. The lowest BCUT2D eigenvalue weighted by Crippen LogP contribution is -2.16. The van der Waals surface area contributed by atoms with Crippen molar-refractivity contribution in [1.82, 2.24) is 0 Å². The Morgan fingerprint density at radius 3 is 2.19 bits per heavy atom. The Balaban J connectivity index is 2.16. The molecule has 21 heavy (non-hydrogen) atoms. The average Bonchev–Trinajstić information content (AvgIpc) is 2.41. The Hall–Kier alpha value is -1.74. The van der Waals surface area contributed by atoms with E-state index in [1.165, 1.54) is 11.6 Å². The first-order valence-electron chi connectivity index (χ1n) is 7.07. The van der Waals surface area contributed by atoms with Crippen LogP contribution < -0.4 is 5.73 Å². The fourth-order valence-electron chi connectivity index (χ4n) is 2.30. The molecule has 0 amide bonds. The molecule has 0 aliphatic heterocycles. The topological polar surface area (TPSA) is 26.0 Å². The van der Waals surface area contributed by atoms with Crippen molar-refractivity contribution >= 4 is 0 Å². The van der Waals surface area contributed by atoms with Crippen LogP contribution in [0.1, 0.15) is 43.5 Å². The van der Waals surface area contributed by atoms with Crippen LogP contribution in [0.3, 0.4) is 0 Å². The number of benzene rings is 2. The zero-order valence-corrected chi connectivity index (χ0v) is 12.7. The van der Waals surface area contributed by atoms with E-state index in [0.717, 1.165) is 17.7 Å². The molecule has 1 atom stereocenters.